The van der Waals surface area contributed by atoms with Crippen LogP contribution in [0.5, 0.6) is 5.75 Å². The number of benzene rings is 1. The van der Waals surface area contributed by atoms with Gasteiger partial charge in [-0.05, 0) is 24.1 Å². The van der Waals surface area contributed by atoms with Crippen LogP contribution in [0, 0.1) is 0 Å². The van der Waals surface area contributed by atoms with Gasteiger partial charge in [-0.25, -0.2) is 0 Å². The van der Waals surface area contributed by atoms with E-state index in [2.05, 4.69) is 28.1 Å². The number of ether oxygens (including phenoxy) is 1. The van der Waals surface area contributed by atoms with E-state index in [1.807, 2.05) is 12.1 Å². The van der Waals surface area contributed by atoms with Crippen molar-refractivity contribution < 1.29 is 4.74 Å². The molecule has 0 aliphatic rings. The molecule has 2 radical (unpaired) electrons. The Kier molecular flexibility index (Phi) is 5.77. The third-order valence-corrected chi connectivity index (χ3v) is 2.59. The number of rotatable bonds is 6. The van der Waals surface area contributed by atoms with Crippen molar-refractivity contribution in [3.8, 4) is 5.75 Å². The topological polar surface area (TPSA) is 9.23 Å². The van der Waals surface area contributed by atoms with Gasteiger partial charge in [0.2, 0.25) is 0 Å². The van der Waals surface area contributed by atoms with Crippen LogP contribution in [0.1, 0.15) is 18.4 Å². The van der Waals surface area contributed by atoms with Gasteiger partial charge in [0, 0.05) is 5.33 Å². The molecule has 0 aromatic heterocycles. The van der Waals surface area contributed by atoms with E-state index < -0.39 is 0 Å². The van der Waals surface area contributed by atoms with Gasteiger partial charge in [-0.15, -0.1) is 0 Å². The summed E-state index contributed by atoms with van der Waals surface area (Å²) in [5.41, 5.74) is 1.26. The molecule has 1 nitrogen and oxygen atoms in total. The Balaban J connectivity index is 2.29. The molecule has 1 aromatic carbocycles. The smallest absolute Gasteiger partial charge is 0.119 e. The minimum Gasteiger partial charge on any atom is -0.494 e. The molecule has 0 unspecified atom stereocenters. The zero-order chi connectivity index (χ0) is 10.2. The Morgan fingerprint density at radius 2 is 1.86 bits per heavy atom. The van der Waals surface area contributed by atoms with Gasteiger partial charge in [0.25, 0.3) is 0 Å². The first-order valence-electron chi connectivity index (χ1n) is 4.84. The first-order valence-corrected chi connectivity index (χ1v) is 5.96. The zero-order valence-corrected chi connectivity index (χ0v) is 9.79. The molecule has 0 aliphatic carbocycles. The van der Waals surface area contributed by atoms with Crippen molar-refractivity contribution in [2.75, 3.05) is 6.61 Å². The first-order chi connectivity index (χ1) is 6.86. The summed E-state index contributed by atoms with van der Waals surface area (Å²) in [6.07, 6.45) is 2.79. The van der Waals surface area contributed by atoms with Crippen LogP contribution in [0.4, 0.5) is 0 Å². The summed E-state index contributed by atoms with van der Waals surface area (Å²) in [7, 11) is 5.39. The lowest BCUT2D eigenvalue weighted by atomic mass is 10.0. The maximum Gasteiger partial charge on any atom is 0.119 e. The molecule has 3 heteroatoms. The maximum atomic E-state index is 5.54. The van der Waals surface area contributed by atoms with Crippen molar-refractivity contribution >= 4 is 23.8 Å². The maximum absolute atomic E-state index is 5.54. The molecule has 0 saturated heterocycles. The molecular weight excluding hydrogens is 239 g/mol. The summed E-state index contributed by atoms with van der Waals surface area (Å²) in [4.78, 5) is 0. The second-order valence-electron chi connectivity index (χ2n) is 3.12. The van der Waals surface area contributed by atoms with E-state index in [0.717, 1.165) is 36.8 Å². The average molecular weight is 253 g/mol. The minimum absolute atomic E-state index is 0.742. The summed E-state index contributed by atoms with van der Waals surface area (Å²) < 4.78 is 5.54. The van der Waals surface area contributed by atoms with Crippen LogP contribution in [-0.4, -0.2) is 14.5 Å². The second kappa shape index (κ2) is 6.94. The van der Waals surface area contributed by atoms with Gasteiger partial charge in [-0.1, -0.05) is 40.8 Å². The fourth-order valence-corrected chi connectivity index (χ4v) is 1.49. The van der Waals surface area contributed by atoms with Crippen molar-refractivity contribution in [2.24, 2.45) is 0 Å². The highest BCUT2D eigenvalue weighted by Crippen LogP contribution is 2.14. The number of hydrogen-bond acceptors (Lipinski definition) is 1. The molecule has 0 spiro atoms. The van der Waals surface area contributed by atoms with Crippen LogP contribution in [-0.2, 0) is 5.33 Å². The van der Waals surface area contributed by atoms with Crippen molar-refractivity contribution in [1.82, 2.24) is 0 Å². The Labute approximate surface area is 95.4 Å². The van der Waals surface area contributed by atoms with Crippen molar-refractivity contribution in [3.63, 3.8) is 0 Å². The summed E-state index contributed by atoms with van der Waals surface area (Å²) >= 11 is 3.40. The van der Waals surface area contributed by atoms with E-state index in [4.69, 9.17) is 12.6 Å². The van der Waals surface area contributed by atoms with E-state index in [-0.39, 0.29) is 0 Å². The number of halogens is 1. The average Bonchev–Trinajstić information content (AvgIpc) is 2.25. The molecule has 0 saturated carbocycles. The highest BCUT2D eigenvalue weighted by atomic mass is 79.9. The molecule has 0 N–H and O–H groups in total. The van der Waals surface area contributed by atoms with E-state index in [1.54, 1.807) is 0 Å². The van der Waals surface area contributed by atoms with Crippen molar-refractivity contribution in [1.29, 1.82) is 0 Å². The number of hydrogen-bond donors (Lipinski definition) is 0. The van der Waals surface area contributed by atoms with Gasteiger partial charge in [-0.3, -0.25) is 0 Å². The monoisotopic (exact) mass is 252 g/mol. The van der Waals surface area contributed by atoms with Crippen LogP contribution in [0.3, 0.4) is 0 Å². The van der Waals surface area contributed by atoms with Crippen LogP contribution < -0.4 is 4.74 Å². The minimum atomic E-state index is 0.742. The van der Waals surface area contributed by atoms with Crippen LogP contribution in [0.25, 0.3) is 0 Å². The summed E-state index contributed by atoms with van der Waals surface area (Å²) in [5.74, 6) is 0.937. The number of unbranched alkanes of at least 4 members (excludes halogenated alkanes) is 1. The van der Waals surface area contributed by atoms with Crippen LogP contribution in [0.2, 0.25) is 6.32 Å². The Morgan fingerprint density at radius 1 is 1.14 bits per heavy atom. The quantitative estimate of drug-likeness (QED) is 0.429. The summed E-state index contributed by atoms with van der Waals surface area (Å²) in [6, 6.07) is 8.12. The molecule has 0 amide bonds. The lowest BCUT2D eigenvalue weighted by molar-refractivity contribution is 0.309. The lowest BCUT2D eigenvalue weighted by Gasteiger charge is -2.05. The fourth-order valence-electron chi connectivity index (χ4n) is 1.11. The first kappa shape index (κ1) is 11.6. The van der Waals surface area contributed by atoms with E-state index in [1.165, 1.54) is 5.56 Å². The Bertz CT molecular complexity index is 248. The molecule has 74 valence electrons. The summed E-state index contributed by atoms with van der Waals surface area (Å²) in [5, 5.41) is 0.889. The largest absolute Gasteiger partial charge is 0.494 e. The zero-order valence-electron chi connectivity index (χ0n) is 8.21. The van der Waals surface area contributed by atoms with E-state index in [9.17, 15) is 0 Å². The highest BCUT2D eigenvalue weighted by Gasteiger charge is 1.94. The van der Waals surface area contributed by atoms with Gasteiger partial charge in [0.15, 0.2) is 0 Å². The molecule has 0 fully saturated rings. The van der Waals surface area contributed by atoms with E-state index >= 15 is 0 Å². The Morgan fingerprint density at radius 3 is 2.43 bits per heavy atom. The molecule has 14 heavy (non-hydrogen) atoms. The van der Waals surface area contributed by atoms with Crippen LogP contribution in [0.15, 0.2) is 24.3 Å². The second-order valence-corrected chi connectivity index (χ2v) is 3.68. The molecule has 0 heterocycles. The van der Waals surface area contributed by atoms with Gasteiger partial charge < -0.3 is 4.74 Å². The fraction of sp³-hybridized carbons (Fsp3) is 0.455. The third-order valence-electron chi connectivity index (χ3n) is 1.94. The van der Waals surface area contributed by atoms with Crippen LogP contribution >= 0.6 is 15.9 Å². The van der Waals surface area contributed by atoms with Gasteiger partial charge in [-0.2, -0.15) is 0 Å². The molecule has 0 atom stereocenters. The van der Waals surface area contributed by atoms with Crippen molar-refractivity contribution in [3.05, 3.63) is 29.8 Å². The normalized spacial score (nSPS) is 10.1. The third kappa shape index (κ3) is 4.18. The SMILES string of the molecule is [B]CCCCOc1ccc(CBr)cc1. The molecule has 0 aliphatic heterocycles. The molecule has 1 aromatic rings. The summed E-state index contributed by atoms with van der Waals surface area (Å²) in [6.45, 7) is 0.755. The molecule has 1 rings (SSSR count). The van der Waals surface area contributed by atoms with Crippen molar-refractivity contribution in [2.45, 2.75) is 24.5 Å². The van der Waals surface area contributed by atoms with Gasteiger partial charge >= 0.3 is 0 Å². The lowest BCUT2D eigenvalue weighted by Crippen LogP contribution is -1.96. The standard InChI is InChI=1S/C11H14BBrO/c12-7-1-2-8-14-11-5-3-10(9-13)4-6-11/h3-6H,1-2,7-9H2. The predicted octanol–water partition coefficient (Wildman–Crippen LogP) is 3.33. The molecule has 0 bridgehead atoms. The van der Waals surface area contributed by atoms with E-state index in [0.29, 0.717) is 0 Å². The van der Waals surface area contributed by atoms with Gasteiger partial charge in [0.1, 0.15) is 5.75 Å². The molecular formula is C11H14BBrO. The number of alkyl halides is 1. The highest BCUT2D eigenvalue weighted by molar-refractivity contribution is 9.08. The van der Waals surface area contributed by atoms with Gasteiger partial charge in [0.05, 0.1) is 14.5 Å². The predicted molar refractivity (Wildman–Crippen MR) is 64.4 cm³/mol. The Hall–Kier alpha value is -0.435.